The number of nitro benzene ring substituents is 1. The number of ether oxygens (including phenoxy) is 1. The van der Waals surface area contributed by atoms with Gasteiger partial charge in [-0.1, -0.05) is 22.9 Å². The Hall–Kier alpha value is -1.86. The van der Waals surface area contributed by atoms with Gasteiger partial charge in [-0.15, -0.1) is 0 Å². The molecule has 1 aromatic carbocycles. The average Bonchev–Trinajstić information content (AvgIpc) is 2.85. The third kappa shape index (κ3) is 3.58. The number of halogens is 1. The Balaban J connectivity index is 2.08. The Labute approximate surface area is 124 Å². The van der Waals surface area contributed by atoms with Gasteiger partial charge in [-0.3, -0.25) is 10.1 Å². The number of nitro groups is 1. The molecular weight excluding hydrogens is 302 g/mol. The van der Waals surface area contributed by atoms with Crippen LogP contribution in [0.2, 0.25) is 5.02 Å². The molecule has 0 spiro atoms. The molecule has 0 aliphatic heterocycles. The number of hydrogen-bond donors (Lipinski definition) is 1. The largest absolute Gasteiger partial charge is 0.481 e. The molecule has 0 aliphatic carbocycles. The number of benzene rings is 1. The normalized spacial score (nSPS) is 10.3. The standard InChI is InChI=1S/C12H12ClN3O3S/c1-2-14-12-15-6-9(20-12)7-19-11-4-3-8(13)5-10(11)16(17)18/h3-6H,2,7H2,1H3,(H,14,15). The highest BCUT2D eigenvalue weighted by Gasteiger charge is 2.16. The molecule has 6 nitrogen and oxygen atoms in total. The van der Waals surface area contributed by atoms with Crippen molar-refractivity contribution < 1.29 is 9.66 Å². The first-order valence-corrected chi connectivity index (χ1v) is 7.05. The smallest absolute Gasteiger partial charge is 0.312 e. The van der Waals surface area contributed by atoms with E-state index in [4.69, 9.17) is 16.3 Å². The fourth-order valence-electron chi connectivity index (χ4n) is 1.51. The third-order valence-electron chi connectivity index (χ3n) is 2.37. The van der Waals surface area contributed by atoms with Crippen LogP contribution in [0.15, 0.2) is 24.4 Å². The summed E-state index contributed by atoms with van der Waals surface area (Å²) in [4.78, 5) is 15.4. The van der Waals surface area contributed by atoms with E-state index < -0.39 is 4.92 Å². The van der Waals surface area contributed by atoms with Crippen LogP contribution in [0.1, 0.15) is 11.8 Å². The first-order valence-electron chi connectivity index (χ1n) is 5.85. The molecule has 1 aromatic heterocycles. The lowest BCUT2D eigenvalue weighted by molar-refractivity contribution is -0.385. The quantitative estimate of drug-likeness (QED) is 0.649. The van der Waals surface area contributed by atoms with E-state index in [2.05, 4.69) is 10.3 Å². The summed E-state index contributed by atoms with van der Waals surface area (Å²) >= 11 is 7.19. The fourth-order valence-corrected chi connectivity index (χ4v) is 2.47. The summed E-state index contributed by atoms with van der Waals surface area (Å²) in [6.45, 7) is 3.00. The van der Waals surface area contributed by atoms with Crippen molar-refractivity contribution in [1.82, 2.24) is 4.98 Å². The van der Waals surface area contributed by atoms with Gasteiger partial charge >= 0.3 is 5.69 Å². The predicted octanol–water partition coefficient (Wildman–Crippen LogP) is 3.72. The summed E-state index contributed by atoms with van der Waals surface area (Å²) in [6.07, 6.45) is 1.68. The minimum Gasteiger partial charge on any atom is -0.481 e. The van der Waals surface area contributed by atoms with Gasteiger partial charge in [0.25, 0.3) is 0 Å². The van der Waals surface area contributed by atoms with Crippen molar-refractivity contribution in [2.45, 2.75) is 13.5 Å². The van der Waals surface area contributed by atoms with Gasteiger partial charge in [0, 0.05) is 23.8 Å². The van der Waals surface area contributed by atoms with E-state index >= 15 is 0 Å². The van der Waals surface area contributed by atoms with E-state index in [9.17, 15) is 10.1 Å². The lowest BCUT2D eigenvalue weighted by Gasteiger charge is -2.05. The van der Waals surface area contributed by atoms with Crippen LogP contribution in [0.5, 0.6) is 5.75 Å². The predicted molar refractivity (Wildman–Crippen MR) is 78.7 cm³/mol. The topological polar surface area (TPSA) is 77.3 Å². The first kappa shape index (κ1) is 14.5. The van der Waals surface area contributed by atoms with Crippen molar-refractivity contribution in [3.05, 3.63) is 44.4 Å². The highest BCUT2D eigenvalue weighted by Crippen LogP contribution is 2.31. The van der Waals surface area contributed by atoms with Gasteiger partial charge in [-0.25, -0.2) is 4.98 Å². The van der Waals surface area contributed by atoms with Gasteiger partial charge in [0.2, 0.25) is 0 Å². The molecule has 106 valence electrons. The number of aromatic nitrogens is 1. The highest BCUT2D eigenvalue weighted by molar-refractivity contribution is 7.15. The molecule has 0 atom stereocenters. The molecule has 1 N–H and O–H groups in total. The Morgan fingerprint density at radius 3 is 3.05 bits per heavy atom. The van der Waals surface area contributed by atoms with E-state index in [1.165, 1.54) is 23.5 Å². The zero-order valence-corrected chi connectivity index (χ0v) is 12.2. The number of anilines is 1. The Kier molecular flexibility index (Phi) is 4.75. The van der Waals surface area contributed by atoms with E-state index in [0.717, 1.165) is 16.6 Å². The minimum atomic E-state index is -0.516. The van der Waals surface area contributed by atoms with E-state index in [1.54, 1.807) is 12.3 Å². The molecule has 0 saturated carbocycles. The van der Waals surface area contributed by atoms with Crippen molar-refractivity contribution in [2.75, 3.05) is 11.9 Å². The number of hydrogen-bond acceptors (Lipinski definition) is 6. The molecule has 0 aliphatic rings. The van der Waals surface area contributed by atoms with Gasteiger partial charge in [-0.2, -0.15) is 0 Å². The van der Waals surface area contributed by atoms with E-state index in [0.29, 0.717) is 5.02 Å². The van der Waals surface area contributed by atoms with Crippen LogP contribution in [-0.2, 0) is 6.61 Å². The van der Waals surface area contributed by atoms with Crippen LogP contribution in [0.25, 0.3) is 0 Å². The van der Waals surface area contributed by atoms with E-state index in [1.807, 2.05) is 6.92 Å². The lowest BCUT2D eigenvalue weighted by atomic mass is 10.3. The van der Waals surface area contributed by atoms with Gasteiger partial charge in [0.05, 0.1) is 9.80 Å². The van der Waals surface area contributed by atoms with Crippen LogP contribution in [0.4, 0.5) is 10.8 Å². The van der Waals surface area contributed by atoms with Crippen molar-refractivity contribution >= 4 is 33.8 Å². The monoisotopic (exact) mass is 313 g/mol. The molecule has 0 unspecified atom stereocenters. The zero-order chi connectivity index (χ0) is 14.5. The Morgan fingerprint density at radius 2 is 2.35 bits per heavy atom. The zero-order valence-electron chi connectivity index (χ0n) is 10.6. The molecule has 2 rings (SSSR count). The summed E-state index contributed by atoms with van der Waals surface area (Å²) in [5.74, 6) is 0.192. The summed E-state index contributed by atoms with van der Waals surface area (Å²) in [5, 5.41) is 15.1. The third-order valence-corrected chi connectivity index (χ3v) is 3.53. The maximum Gasteiger partial charge on any atom is 0.312 e. The number of rotatable bonds is 6. The van der Waals surface area contributed by atoms with Crippen LogP contribution >= 0.6 is 22.9 Å². The molecule has 0 bridgehead atoms. The second kappa shape index (κ2) is 6.53. The van der Waals surface area contributed by atoms with Crippen molar-refractivity contribution in [2.24, 2.45) is 0 Å². The fraction of sp³-hybridized carbons (Fsp3) is 0.250. The molecule has 2 aromatic rings. The Bertz CT molecular complexity index is 618. The van der Waals surface area contributed by atoms with Crippen LogP contribution in [0.3, 0.4) is 0 Å². The van der Waals surface area contributed by atoms with Gasteiger partial charge in [0.15, 0.2) is 10.9 Å². The highest BCUT2D eigenvalue weighted by atomic mass is 35.5. The SMILES string of the molecule is CCNc1ncc(COc2ccc(Cl)cc2[N+](=O)[O-])s1. The minimum absolute atomic E-state index is 0.145. The van der Waals surface area contributed by atoms with E-state index in [-0.39, 0.29) is 18.0 Å². The van der Waals surface area contributed by atoms with Crippen molar-refractivity contribution in [1.29, 1.82) is 0 Å². The number of nitrogens with zero attached hydrogens (tertiary/aromatic N) is 2. The maximum absolute atomic E-state index is 10.9. The maximum atomic E-state index is 10.9. The molecule has 20 heavy (non-hydrogen) atoms. The van der Waals surface area contributed by atoms with Gasteiger partial charge < -0.3 is 10.1 Å². The average molecular weight is 314 g/mol. The summed E-state index contributed by atoms with van der Waals surface area (Å²) in [7, 11) is 0. The van der Waals surface area contributed by atoms with Crippen LogP contribution in [-0.4, -0.2) is 16.5 Å². The Morgan fingerprint density at radius 1 is 1.55 bits per heavy atom. The number of nitrogens with one attached hydrogen (secondary N) is 1. The van der Waals surface area contributed by atoms with Crippen molar-refractivity contribution in [3.63, 3.8) is 0 Å². The molecular formula is C12H12ClN3O3S. The van der Waals surface area contributed by atoms with Crippen molar-refractivity contribution in [3.8, 4) is 5.75 Å². The lowest BCUT2D eigenvalue weighted by Crippen LogP contribution is -1.97. The second-order valence-corrected chi connectivity index (χ2v) is 5.37. The van der Waals surface area contributed by atoms with Gasteiger partial charge in [0.1, 0.15) is 6.61 Å². The number of thiazole rings is 1. The summed E-state index contributed by atoms with van der Waals surface area (Å²) in [5.41, 5.74) is -0.145. The molecule has 0 fully saturated rings. The summed E-state index contributed by atoms with van der Waals surface area (Å²) < 4.78 is 5.47. The van der Waals surface area contributed by atoms with Crippen LogP contribution in [0, 0.1) is 10.1 Å². The molecule has 8 heteroatoms. The molecule has 0 radical (unpaired) electrons. The first-order chi connectivity index (χ1) is 9.60. The summed E-state index contributed by atoms with van der Waals surface area (Å²) in [6, 6.07) is 4.32. The van der Waals surface area contributed by atoms with Crippen LogP contribution < -0.4 is 10.1 Å². The molecule has 1 heterocycles. The van der Waals surface area contributed by atoms with Gasteiger partial charge in [-0.05, 0) is 19.1 Å². The molecule has 0 saturated heterocycles. The molecule has 0 amide bonds. The second-order valence-electron chi connectivity index (χ2n) is 3.82.